The second-order valence-corrected chi connectivity index (χ2v) is 14.4. The maximum absolute atomic E-state index is 6.62. The minimum atomic E-state index is -1.66. The van der Waals surface area contributed by atoms with Crippen LogP contribution in [0.2, 0.25) is 18.1 Å². The first-order valence-corrected chi connectivity index (χ1v) is 12.8. The quantitative estimate of drug-likeness (QED) is 0.449. The van der Waals surface area contributed by atoms with Crippen LogP contribution in [-0.2, 0) is 4.43 Å². The summed E-state index contributed by atoms with van der Waals surface area (Å²) >= 11 is 2.39. The lowest BCUT2D eigenvalue weighted by Gasteiger charge is -2.41. The van der Waals surface area contributed by atoms with Crippen LogP contribution in [0, 0.1) is 3.57 Å². The van der Waals surface area contributed by atoms with Gasteiger partial charge in [0.05, 0.1) is 5.39 Å². The van der Waals surface area contributed by atoms with Crippen LogP contribution in [0.5, 0.6) is 0 Å². The third kappa shape index (κ3) is 3.55. The molecule has 3 rings (SSSR count). The molecule has 0 unspecified atom stereocenters. The Labute approximate surface area is 159 Å². The van der Waals surface area contributed by atoms with E-state index in [4.69, 9.17) is 4.43 Å². The molecular weight excluding hydrogens is 429 g/mol. The van der Waals surface area contributed by atoms with E-state index in [9.17, 15) is 0 Å². The Morgan fingerprint density at radius 2 is 1.88 bits per heavy atom. The van der Waals surface area contributed by atoms with Gasteiger partial charge in [0.15, 0.2) is 8.32 Å². The summed E-state index contributed by atoms with van der Waals surface area (Å²) in [6.45, 7) is 11.7. The van der Waals surface area contributed by atoms with Crippen molar-refractivity contribution in [2.75, 3.05) is 0 Å². The SMILES string of the molecule is CC(C)(C)[Si](C)(C)OC1CCC(n2cc(I)c3cncnc32)CC1. The lowest BCUT2D eigenvalue weighted by Crippen LogP contribution is -2.44. The fourth-order valence-electron chi connectivity index (χ4n) is 3.26. The fourth-order valence-corrected chi connectivity index (χ4v) is 5.37. The molecule has 2 aromatic heterocycles. The van der Waals surface area contributed by atoms with Crippen LogP contribution < -0.4 is 0 Å². The molecule has 1 aliphatic rings. The van der Waals surface area contributed by atoms with Gasteiger partial charge in [0.1, 0.15) is 12.0 Å². The van der Waals surface area contributed by atoms with E-state index in [0.717, 1.165) is 23.9 Å². The Bertz CT molecular complexity index is 715. The van der Waals surface area contributed by atoms with Crippen LogP contribution in [0.4, 0.5) is 0 Å². The third-order valence-electron chi connectivity index (χ3n) is 5.75. The van der Waals surface area contributed by atoms with Crippen molar-refractivity contribution in [3.63, 3.8) is 0 Å². The Balaban J connectivity index is 1.69. The molecule has 132 valence electrons. The van der Waals surface area contributed by atoms with E-state index < -0.39 is 8.32 Å². The minimum Gasteiger partial charge on any atom is -0.414 e. The molecule has 0 radical (unpaired) electrons. The monoisotopic (exact) mass is 457 g/mol. The highest BCUT2D eigenvalue weighted by Crippen LogP contribution is 2.40. The predicted molar refractivity (Wildman–Crippen MR) is 110 cm³/mol. The normalized spacial score (nSPS) is 22.9. The van der Waals surface area contributed by atoms with Crippen molar-refractivity contribution in [3.8, 4) is 0 Å². The van der Waals surface area contributed by atoms with Crippen molar-refractivity contribution in [1.29, 1.82) is 0 Å². The maximum Gasteiger partial charge on any atom is 0.192 e. The summed E-state index contributed by atoms with van der Waals surface area (Å²) in [5.74, 6) is 0. The average molecular weight is 457 g/mol. The molecule has 24 heavy (non-hydrogen) atoms. The van der Waals surface area contributed by atoms with Gasteiger partial charge in [-0.25, -0.2) is 9.97 Å². The van der Waals surface area contributed by atoms with Gasteiger partial charge in [-0.05, 0) is 66.4 Å². The molecule has 1 aliphatic carbocycles. The summed E-state index contributed by atoms with van der Waals surface area (Å²) in [7, 11) is -1.66. The van der Waals surface area contributed by atoms with Crippen molar-refractivity contribution < 1.29 is 4.43 Å². The van der Waals surface area contributed by atoms with E-state index in [1.807, 2.05) is 6.20 Å². The van der Waals surface area contributed by atoms with Crippen LogP contribution >= 0.6 is 22.6 Å². The summed E-state index contributed by atoms with van der Waals surface area (Å²) in [5, 5.41) is 1.45. The summed E-state index contributed by atoms with van der Waals surface area (Å²) in [6.07, 6.45) is 10.9. The first-order valence-electron chi connectivity index (χ1n) is 8.83. The Morgan fingerprint density at radius 1 is 1.21 bits per heavy atom. The molecule has 0 atom stereocenters. The Kier molecular flexibility index (Phi) is 5.10. The summed E-state index contributed by atoms with van der Waals surface area (Å²) in [6, 6.07) is 0.533. The van der Waals surface area contributed by atoms with Crippen LogP contribution in [0.15, 0.2) is 18.7 Å². The van der Waals surface area contributed by atoms with Crippen molar-refractivity contribution in [2.45, 2.75) is 76.7 Å². The van der Waals surface area contributed by atoms with Crippen LogP contribution in [0.25, 0.3) is 11.0 Å². The molecule has 0 amide bonds. The van der Waals surface area contributed by atoms with E-state index in [-0.39, 0.29) is 5.04 Å². The van der Waals surface area contributed by atoms with E-state index in [1.54, 1.807) is 6.33 Å². The van der Waals surface area contributed by atoms with Crippen molar-refractivity contribution in [2.24, 2.45) is 0 Å². The number of aromatic nitrogens is 3. The van der Waals surface area contributed by atoms with Crippen molar-refractivity contribution in [3.05, 3.63) is 22.3 Å². The third-order valence-corrected chi connectivity index (χ3v) is 11.1. The highest BCUT2D eigenvalue weighted by atomic mass is 127. The second kappa shape index (κ2) is 6.68. The smallest absolute Gasteiger partial charge is 0.192 e. The molecule has 0 N–H and O–H groups in total. The number of hydrogen-bond acceptors (Lipinski definition) is 3. The molecule has 0 bridgehead atoms. The molecule has 1 saturated carbocycles. The molecule has 2 heterocycles. The zero-order chi connectivity index (χ0) is 17.5. The lowest BCUT2D eigenvalue weighted by atomic mass is 9.93. The van der Waals surface area contributed by atoms with E-state index in [1.165, 1.54) is 16.4 Å². The number of hydrogen-bond donors (Lipinski definition) is 0. The predicted octanol–water partition coefficient (Wildman–Crippen LogP) is 5.54. The van der Waals surface area contributed by atoms with Gasteiger partial charge in [-0.3, -0.25) is 0 Å². The van der Waals surface area contributed by atoms with Crippen molar-refractivity contribution >= 4 is 41.9 Å². The molecule has 6 heteroatoms. The zero-order valence-electron chi connectivity index (χ0n) is 15.3. The van der Waals surface area contributed by atoms with Crippen molar-refractivity contribution in [1.82, 2.24) is 14.5 Å². The van der Waals surface area contributed by atoms with E-state index in [2.05, 4.69) is 77.2 Å². The van der Waals surface area contributed by atoms with Crippen LogP contribution in [-0.4, -0.2) is 29.0 Å². The lowest BCUT2D eigenvalue weighted by molar-refractivity contribution is 0.119. The van der Waals surface area contributed by atoms with Gasteiger partial charge >= 0.3 is 0 Å². The first kappa shape index (κ1) is 18.3. The highest BCUT2D eigenvalue weighted by molar-refractivity contribution is 14.1. The Hall–Kier alpha value is -0.473. The zero-order valence-corrected chi connectivity index (χ0v) is 18.5. The minimum absolute atomic E-state index is 0.285. The molecular formula is C18H28IN3OSi. The molecule has 1 fully saturated rings. The Morgan fingerprint density at radius 3 is 2.50 bits per heavy atom. The topological polar surface area (TPSA) is 39.9 Å². The summed E-state index contributed by atoms with van der Waals surface area (Å²) in [5.41, 5.74) is 1.07. The van der Waals surface area contributed by atoms with Gasteiger partial charge in [0.2, 0.25) is 0 Å². The molecule has 0 aromatic carbocycles. The first-order chi connectivity index (χ1) is 11.2. The van der Waals surface area contributed by atoms with Crippen LogP contribution in [0.1, 0.15) is 52.5 Å². The van der Waals surface area contributed by atoms with Gasteiger partial charge in [0, 0.05) is 28.1 Å². The molecule has 0 saturated heterocycles. The van der Waals surface area contributed by atoms with Gasteiger partial charge in [-0.2, -0.15) is 0 Å². The van der Waals surface area contributed by atoms with E-state index in [0.29, 0.717) is 12.1 Å². The number of halogens is 1. The number of nitrogens with zero attached hydrogens (tertiary/aromatic N) is 3. The van der Waals surface area contributed by atoms with Crippen LogP contribution in [0.3, 0.4) is 0 Å². The number of fused-ring (bicyclic) bond motifs is 1. The van der Waals surface area contributed by atoms with E-state index >= 15 is 0 Å². The van der Waals surface area contributed by atoms with Gasteiger partial charge in [-0.1, -0.05) is 20.8 Å². The highest BCUT2D eigenvalue weighted by Gasteiger charge is 2.40. The number of rotatable bonds is 3. The second-order valence-electron chi connectivity index (χ2n) is 8.45. The standard InChI is InChI=1S/C18H28IN3OSi/c1-18(2,3)24(4,5)23-14-8-6-13(7-9-14)22-11-16(19)15-10-20-12-21-17(15)22/h10-14H,6-9H2,1-5H3. The largest absolute Gasteiger partial charge is 0.414 e. The van der Waals surface area contributed by atoms with Gasteiger partial charge < -0.3 is 8.99 Å². The summed E-state index contributed by atoms with van der Waals surface area (Å²) in [4.78, 5) is 8.67. The maximum atomic E-state index is 6.62. The van der Waals surface area contributed by atoms with Gasteiger partial charge in [0.25, 0.3) is 0 Å². The van der Waals surface area contributed by atoms with Gasteiger partial charge in [-0.15, -0.1) is 0 Å². The molecule has 0 aliphatic heterocycles. The molecule has 2 aromatic rings. The average Bonchev–Trinajstić information content (AvgIpc) is 2.84. The molecule has 4 nitrogen and oxygen atoms in total. The molecule has 0 spiro atoms. The fraction of sp³-hybridized carbons (Fsp3) is 0.667. The summed E-state index contributed by atoms with van der Waals surface area (Å²) < 4.78 is 10.2.